The van der Waals surface area contributed by atoms with Gasteiger partial charge in [-0.25, -0.2) is 9.79 Å². The first-order valence-electron chi connectivity index (χ1n) is 9.22. The lowest BCUT2D eigenvalue weighted by molar-refractivity contribution is 0.00218. The number of carbonyl (C=O) groups excluding carboxylic acids is 1. The molecule has 2 rings (SSSR count). The minimum absolute atomic E-state index is 0.255. The van der Waals surface area contributed by atoms with Crippen LogP contribution in [0.1, 0.15) is 47.1 Å². The molecule has 6 nitrogen and oxygen atoms in total. The number of nitrogens with zero attached hydrogens (tertiary/aromatic N) is 2. The smallest absolute Gasteiger partial charge is 0.412 e. The molecule has 0 aliphatic carbocycles. The maximum absolute atomic E-state index is 13.0. The SMILES string of the molecule is COC1=N[C@H](C(C)(C)C)N(C(=O)OC(C)(C)C)[C@H]1Cc1ccc(OC)cc1. The summed E-state index contributed by atoms with van der Waals surface area (Å²) in [5, 5.41) is 0. The molecular weight excluding hydrogens is 344 g/mol. The second-order valence-electron chi connectivity index (χ2n) is 8.87. The highest BCUT2D eigenvalue weighted by Crippen LogP contribution is 2.34. The molecule has 6 heteroatoms. The number of ether oxygens (including phenoxy) is 3. The number of benzene rings is 1. The van der Waals surface area contributed by atoms with Crippen LogP contribution in [0.5, 0.6) is 5.75 Å². The summed E-state index contributed by atoms with van der Waals surface area (Å²) in [5.74, 6) is 1.35. The van der Waals surface area contributed by atoms with Gasteiger partial charge in [0.25, 0.3) is 0 Å². The van der Waals surface area contributed by atoms with E-state index in [4.69, 9.17) is 19.2 Å². The fourth-order valence-corrected chi connectivity index (χ4v) is 3.07. The predicted molar refractivity (Wildman–Crippen MR) is 106 cm³/mol. The van der Waals surface area contributed by atoms with Gasteiger partial charge in [0.05, 0.1) is 14.2 Å². The molecule has 27 heavy (non-hydrogen) atoms. The van der Waals surface area contributed by atoms with Gasteiger partial charge in [-0.15, -0.1) is 0 Å². The highest BCUT2D eigenvalue weighted by molar-refractivity contribution is 5.89. The van der Waals surface area contributed by atoms with E-state index in [1.807, 2.05) is 45.0 Å². The lowest BCUT2D eigenvalue weighted by Crippen LogP contribution is -2.51. The van der Waals surface area contributed by atoms with Gasteiger partial charge in [-0.2, -0.15) is 0 Å². The summed E-state index contributed by atoms with van der Waals surface area (Å²) in [6, 6.07) is 7.48. The maximum atomic E-state index is 13.0. The van der Waals surface area contributed by atoms with Crippen LogP contribution in [-0.4, -0.2) is 48.9 Å². The molecule has 0 bridgehead atoms. The average molecular weight is 376 g/mol. The second kappa shape index (κ2) is 7.79. The Morgan fingerprint density at radius 2 is 1.63 bits per heavy atom. The molecule has 1 aromatic carbocycles. The Kier molecular flexibility index (Phi) is 6.07. The first-order chi connectivity index (χ1) is 12.5. The van der Waals surface area contributed by atoms with Crippen molar-refractivity contribution in [2.75, 3.05) is 14.2 Å². The van der Waals surface area contributed by atoms with Crippen LogP contribution < -0.4 is 4.74 Å². The quantitative estimate of drug-likeness (QED) is 0.790. The van der Waals surface area contributed by atoms with Crippen molar-refractivity contribution < 1.29 is 19.0 Å². The summed E-state index contributed by atoms with van der Waals surface area (Å²) < 4.78 is 16.5. The first-order valence-corrected chi connectivity index (χ1v) is 9.22. The Balaban J connectivity index is 2.36. The van der Waals surface area contributed by atoms with E-state index in [1.165, 1.54) is 0 Å². The molecule has 2 atom stereocenters. The van der Waals surface area contributed by atoms with Crippen molar-refractivity contribution in [1.29, 1.82) is 0 Å². The zero-order chi connectivity index (χ0) is 20.4. The van der Waals surface area contributed by atoms with Gasteiger partial charge in [-0.3, -0.25) is 4.90 Å². The molecule has 1 aromatic rings. The average Bonchev–Trinajstić information content (AvgIpc) is 2.92. The molecule has 1 aliphatic rings. The highest BCUT2D eigenvalue weighted by atomic mass is 16.6. The second-order valence-corrected chi connectivity index (χ2v) is 8.87. The van der Waals surface area contributed by atoms with Gasteiger partial charge >= 0.3 is 6.09 Å². The third kappa shape index (κ3) is 5.15. The summed E-state index contributed by atoms with van der Waals surface area (Å²) in [6.45, 7) is 11.8. The predicted octanol–water partition coefficient (Wildman–Crippen LogP) is 4.27. The van der Waals surface area contributed by atoms with Crippen LogP contribution in [0.3, 0.4) is 0 Å². The van der Waals surface area contributed by atoms with Crippen LogP contribution in [0.25, 0.3) is 0 Å². The van der Waals surface area contributed by atoms with Crippen LogP contribution >= 0.6 is 0 Å². The number of carbonyl (C=O) groups is 1. The van der Waals surface area contributed by atoms with Crippen LogP contribution in [0.2, 0.25) is 0 Å². The van der Waals surface area contributed by atoms with Crippen molar-refractivity contribution in [3.05, 3.63) is 29.8 Å². The molecule has 1 aliphatic heterocycles. The van der Waals surface area contributed by atoms with Gasteiger partial charge in [-0.05, 0) is 38.5 Å². The Bertz CT molecular complexity index is 684. The lowest BCUT2D eigenvalue weighted by atomic mass is 9.91. The summed E-state index contributed by atoms with van der Waals surface area (Å²) in [6.07, 6.45) is -0.148. The van der Waals surface area contributed by atoms with Crippen molar-refractivity contribution >= 4 is 12.0 Å². The normalized spacial score (nSPS) is 20.3. The number of amides is 1. The molecule has 0 spiro atoms. The third-order valence-corrected chi connectivity index (χ3v) is 4.31. The van der Waals surface area contributed by atoms with E-state index in [1.54, 1.807) is 19.1 Å². The van der Waals surface area contributed by atoms with Crippen LogP contribution in [0, 0.1) is 5.41 Å². The fourth-order valence-electron chi connectivity index (χ4n) is 3.07. The first kappa shape index (κ1) is 21.1. The number of hydrogen-bond donors (Lipinski definition) is 0. The molecule has 0 saturated heterocycles. The van der Waals surface area contributed by atoms with Gasteiger partial charge < -0.3 is 14.2 Å². The van der Waals surface area contributed by atoms with E-state index >= 15 is 0 Å². The number of hydrogen-bond acceptors (Lipinski definition) is 5. The van der Waals surface area contributed by atoms with Crippen molar-refractivity contribution in [1.82, 2.24) is 4.90 Å². The van der Waals surface area contributed by atoms with Crippen LogP contribution in [-0.2, 0) is 15.9 Å². The largest absolute Gasteiger partial charge is 0.497 e. The number of rotatable bonds is 3. The minimum atomic E-state index is -0.583. The summed E-state index contributed by atoms with van der Waals surface area (Å²) >= 11 is 0. The molecular formula is C21H32N2O4. The van der Waals surface area contributed by atoms with E-state index in [0.717, 1.165) is 11.3 Å². The summed E-state index contributed by atoms with van der Waals surface area (Å²) in [5.41, 5.74) is 0.226. The monoisotopic (exact) mass is 376 g/mol. The molecule has 0 fully saturated rings. The van der Waals surface area contributed by atoms with Gasteiger partial charge in [-0.1, -0.05) is 32.9 Å². The van der Waals surface area contributed by atoms with Gasteiger partial charge in [0.15, 0.2) is 0 Å². The van der Waals surface area contributed by atoms with Gasteiger partial charge in [0.2, 0.25) is 5.90 Å². The fraction of sp³-hybridized carbons (Fsp3) is 0.619. The number of aliphatic imine (C=N–C) groups is 1. The molecule has 0 saturated carbocycles. The van der Waals surface area contributed by atoms with E-state index < -0.39 is 5.60 Å². The zero-order valence-electron chi connectivity index (χ0n) is 17.7. The molecule has 0 radical (unpaired) electrons. The molecule has 0 N–H and O–H groups in total. The van der Waals surface area contributed by atoms with Crippen LogP contribution in [0.4, 0.5) is 4.79 Å². The van der Waals surface area contributed by atoms with Crippen LogP contribution in [0.15, 0.2) is 29.3 Å². The van der Waals surface area contributed by atoms with Crippen molar-refractivity contribution in [3.8, 4) is 5.75 Å². The van der Waals surface area contributed by atoms with Gasteiger partial charge in [0.1, 0.15) is 23.6 Å². The Morgan fingerprint density at radius 3 is 2.07 bits per heavy atom. The van der Waals surface area contributed by atoms with E-state index in [2.05, 4.69) is 20.8 Å². The van der Waals surface area contributed by atoms with Crippen molar-refractivity contribution in [3.63, 3.8) is 0 Å². The van der Waals surface area contributed by atoms with Crippen molar-refractivity contribution in [2.24, 2.45) is 10.4 Å². The standard InChI is InChI=1S/C21H32N2O4/c1-20(2,3)18-22-17(26-8)16(23(18)19(24)27-21(4,5)6)13-14-9-11-15(25-7)12-10-14/h9-12,16,18H,13H2,1-8H3/t16-,18-/m0/s1. The third-order valence-electron chi connectivity index (χ3n) is 4.31. The molecule has 150 valence electrons. The molecule has 1 amide bonds. The Morgan fingerprint density at radius 1 is 1.04 bits per heavy atom. The summed E-state index contributed by atoms with van der Waals surface area (Å²) in [4.78, 5) is 19.5. The van der Waals surface area contributed by atoms with E-state index in [-0.39, 0.29) is 23.7 Å². The summed E-state index contributed by atoms with van der Waals surface area (Å²) in [7, 11) is 3.23. The minimum Gasteiger partial charge on any atom is -0.497 e. The van der Waals surface area contributed by atoms with E-state index in [9.17, 15) is 4.79 Å². The van der Waals surface area contributed by atoms with Crippen molar-refractivity contribution in [2.45, 2.75) is 65.8 Å². The zero-order valence-corrected chi connectivity index (χ0v) is 17.7. The topological polar surface area (TPSA) is 60.4 Å². The Labute approximate surface area is 162 Å². The number of methoxy groups -OCH3 is 2. The Hall–Kier alpha value is -2.24. The molecule has 0 unspecified atom stereocenters. The maximum Gasteiger partial charge on any atom is 0.412 e. The molecule has 1 heterocycles. The highest BCUT2D eigenvalue weighted by Gasteiger charge is 2.47. The van der Waals surface area contributed by atoms with E-state index in [0.29, 0.717) is 12.3 Å². The lowest BCUT2D eigenvalue weighted by Gasteiger charge is -2.37. The van der Waals surface area contributed by atoms with Gasteiger partial charge in [0, 0.05) is 11.8 Å². The molecule has 0 aromatic heterocycles.